The molecule has 0 saturated carbocycles. The molecule has 0 unspecified atom stereocenters. The molecule has 2 heterocycles. The second kappa shape index (κ2) is 4.39. The lowest BCUT2D eigenvalue weighted by Gasteiger charge is -2.07. The Morgan fingerprint density at radius 3 is 2.74 bits per heavy atom. The Bertz CT molecular complexity index is 743. The minimum absolute atomic E-state index is 0.730. The quantitative estimate of drug-likeness (QED) is 0.713. The lowest BCUT2D eigenvalue weighted by molar-refractivity contribution is 0.761. The van der Waals surface area contributed by atoms with Gasteiger partial charge < -0.3 is 10.3 Å². The maximum absolute atomic E-state index is 5.79. The van der Waals surface area contributed by atoms with E-state index in [9.17, 15) is 0 Å². The molecule has 4 nitrogen and oxygen atoms in total. The molecule has 2 aromatic heterocycles. The lowest BCUT2D eigenvalue weighted by Crippen LogP contribution is -2.04. The van der Waals surface area contributed by atoms with Crippen molar-refractivity contribution in [3.8, 4) is 0 Å². The number of aromatic nitrogens is 3. The first kappa shape index (κ1) is 11.7. The molecule has 3 rings (SSSR count). The van der Waals surface area contributed by atoms with Crippen LogP contribution in [0.1, 0.15) is 17.2 Å². The van der Waals surface area contributed by atoms with Crippen LogP contribution >= 0.6 is 0 Å². The van der Waals surface area contributed by atoms with Crippen LogP contribution in [0.5, 0.6) is 0 Å². The number of nitrogens with two attached hydrogens (primary N) is 1. The summed E-state index contributed by atoms with van der Waals surface area (Å²) in [6.07, 6.45) is 0. The van der Waals surface area contributed by atoms with Gasteiger partial charge in [-0.05, 0) is 44.2 Å². The minimum atomic E-state index is 0.730. The van der Waals surface area contributed by atoms with E-state index in [0.29, 0.717) is 0 Å². The van der Waals surface area contributed by atoms with Gasteiger partial charge in [0.2, 0.25) is 0 Å². The molecule has 2 N–H and O–H groups in total. The van der Waals surface area contributed by atoms with Gasteiger partial charge in [0, 0.05) is 11.4 Å². The molecule has 0 bridgehead atoms. The summed E-state index contributed by atoms with van der Waals surface area (Å²) >= 11 is 0. The van der Waals surface area contributed by atoms with Crippen LogP contribution in [-0.4, -0.2) is 14.5 Å². The predicted molar refractivity (Wildman–Crippen MR) is 77.0 cm³/mol. The Morgan fingerprint density at radius 2 is 1.95 bits per heavy atom. The van der Waals surface area contributed by atoms with Gasteiger partial charge in [-0.15, -0.1) is 0 Å². The van der Waals surface area contributed by atoms with Crippen LogP contribution in [0.4, 0.5) is 5.69 Å². The fraction of sp³-hybridized carbons (Fsp3) is 0.200. The highest BCUT2D eigenvalue weighted by Gasteiger charge is 2.08. The molecule has 3 aromatic rings. The van der Waals surface area contributed by atoms with Gasteiger partial charge in [0.25, 0.3) is 0 Å². The fourth-order valence-corrected chi connectivity index (χ4v) is 2.32. The van der Waals surface area contributed by atoms with Crippen molar-refractivity contribution in [3.05, 3.63) is 53.6 Å². The SMILES string of the molecule is Cc1cccc(Cn2c(C)nc3cc(N)ccc32)n1. The number of rotatable bonds is 2. The zero-order chi connectivity index (χ0) is 13.4. The summed E-state index contributed by atoms with van der Waals surface area (Å²) in [5.41, 5.74) is 10.6. The average molecular weight is 252 g/mol. The van der Waals surface area contributed by atoms with Crippen LogP contribution in [0.3, 0.4) is 0 Å². The van der Waals surface area contributed by atoms with Gasteiger partial charge in [0.15, 0.2) is 0 Å². The van der Waals surface area contributed by atoms with Gasteiger partial charge in [0.05, 0.1) is 23.3 Å². The van der Waals surface area contributed by atoms with E-state index in [1.165, 1.54) is 0 Å². The van der Waals surface area contributed by atoms with E-state index in [2.05, 4.69) is 14.5 Å². The molecular formula is C15H16N4. The van der Waals surface area contributed by atoms with E-state index < -0.39 is 0 Å². The molecular weight excluding hydrogens is 236 g/mol. The van der Waals surface area contributed by atoms with Crippen LogP contribution in [0.25, 0.3) is 11.0 Å². The summed E-state index contributed by atoms with van der Waals surface area (Å²) in [6.45, 7) is 4.74. The van der Waals surface area contributed by atoms with Crippen molar-refractivity contribution in [1.29, 1.82) is 0 Å². The largest absolute Gasteiger partial charge is 0.399 e. The maximum atomic E-state index is 5.79. The Hall–Kier alpha value is -2.36. The normalized spacial score (nSPS) is 11.1. The smallest absolute Gasteiger partial charge is 0.107 e. The maximum Gasteiger partial charge on any atom is 0.107 e. The highest BCUT2D eigenvalue weighted by Crippen LogP contribution is 2.19. The third-order valence-electron chi connectivity index (χ3n) is 3.23. The number of imidazole rings is 1. The Morgan fingerprint density at radius 1 is 1.11 bits per heavy atom. The molecule has 1 aromatic carbocycles. The second-order valence-electron chi connectivity index (χ2n) is 4.76. The number of aryl methyl sites for hydroxylation is 2. The second-order valence-corrected chi connectivity index (χ2v) is 4.76. The van der Waals surface area contributed by atoms with E-state index in [1.54, 1.807) is 0 Å². The van der Waals surface area contributed by atoms with E-state index >= 15 is 0 Å². The van der Waals surface area contributed by atoms with Gasteiger partial charge in [0.1, 0.15) is 5.82 Å². The summed E-state index contributed by atoms with van der Waals surface area (Å²) in [4.78, 5) is 9.09. The number of benzene rings is 1. The van der Waals surface area contributed by atoms with Crippen LogP contribution in [0.2, 0.25) is 0 Å². The lowest BCUT2D eigenvalue weighted by atomic mass is 10.2. The van der Waals surface area contributed by atoms with Gasteiger partial charge in [-0.3, -0.25) is 4.98 Å². The molecule has 0 spiro atoms. The number of pyridine rings is 1. The van der Waals surface area contributed by atoms with Crippen LogP contribution in [0, 0.1) is 13.8 Å². The summed E-state index contributed by atoms with van der Waals surface area (Å²) in [7, 11) is 0. The third kappa shape index (κ3) is 2.17. The summed E-state index contributed by atoms with van der Waals surface area (Å²) in [6, 6.07) is 11.9. The van der Waals surface area contributed by atoms with Crippen LogP contribution < -0.4 is 5.73 Å². The first-order valence-electron chi connectivity index (χ1n) is 6.28. The zero-order valence-corrected chi connectivity index (χ0v) is 11.1. The third-order valence-corrected chi connectivity index (χ3v) is 3.23. The van der Waals surface area contributed by atoms with Gasteiger partial charge in [-0.1, -0.05) is 6.07 Å². The van der Waals surface area contributed by atoms with Crippen molar-refractivity contribution >= 4 is 16.7 Å². The molecule has 0 atom stereocenters. The van der Waals surface area contributed by atoms with Crippen molar-refractivity contribution < 1.29 is 0 Å². The average Bonchev–Trinajstić information content (AvgIpc) is 2.65. The molecule has 4 heteroatoms. The number of nitrogens with zero attached hydrogens (tertiary/aromatic N) is 3. The summed E-state index contributed by atoms with van der Waals surface area (Å²) in [5.74, 6) is 0.976. The van der Waals surface area contributed by atoms with Crippen molar-refractivity contribution in [2.24, 2.45) is 0 Å². The number of nitrogen functional groups attached to an aromatic ring is 1. The van der Waals surface area contributed by atoms with Gasteiger partial charge in [-0.2, -0.15) is 0 Å². The fourth-order valence-electron chi connectivity index (χ4n) is 2.32. The molecule has 0 saturated heterocycles. The van der Waals surface area contributed by atoms with E-state index in [1.807, 2.05) is 50.2 Å². The first-order valence-corrected chi connectivity index (χ1v) is 6.28. The molecule has 0 amide bonds. The minimum Gasteiger partial charge on any atom is -0.399 e. The molecule has 96 valence electrons. The summed E-state index contributed by atoms with van der Waals surface area (Å²) in [5, 5.41) is 0. The number of hydrogen-bond donors (Lipinski definition) is 1. The van der Waals surface area contributed by atoms with Gasteiger partial charge in [-0.25, -0.2) is 4.98 Å². The molecule has 0 aliphatic rings. The molecule has 0 aliphatic carbocycles. The van der Waals surface area contributed by atoms with Crippen molar-refractivity contribution in [3.63, 3.8) is 0 Å². The van der Waals surface area contributed by atoms with Crippen LogP contribution in [-0.2, 0) is 6.54 Å². The molecule has 0 radical (unpaired) electrons. The van der Waals surface area contributed by atoms with Crippen molar-refractivity contribution in [1.82, 2.24) is 14.5 Å². The van der Waals surface area contributed by atoms with Crippen LogP contribution in [0.15, 0.2) is 36.4 Å². The van der Waals surface area contributed by atoms with Gasteiger partial charge >= 0.3 is 0 Å². The molecule has 0 aliphatic heterocycles. The zero-order valence-electron chi connectivity index (χ0n) is 11.1. The van der Waals surface area contributed by atoms with E-state index in [0.717, 1.165) is 40.5 Å². The highest BCUT2D eigenvalue weighted by molar-refractivity contribution is 5.79. The van der Waals surface area contributed by atoms with E-state index in [4.69, 9.17) is 5.73 Å². The standard InChI is InChI=1S/C15H16N4/c1-10-4-3-5-13(17-10)9-19-11(2)18-14-8-12(16)6-7-15(14)19/h3-8H,9,16H2,1-2H3. The number of anilines is 1. The Kier molecular flexibility index (Phi) is 2.71. The summed E-state index contributed by atoms with van der Waals surface area (Å²) < 4.78 is 2.16. The topological polar surface area (TPSA) is 56.7 Å². The monoisotopic (exact) mass is 252 g/mol. The highest BCUT2D eigenvalue weighted by atomic mass is 15.1. The van der Waals surface area contributed by atoms with E-state index in [-0.39, 0.29) is 0 Å². The first-order chi connectivity index (χ1) is 9.13. The Balaban J connectivity index is 2.07. The number of hydrogen-bond acceptors (Lipinski definition) is 3. The Labute approximate surface area is 111 Å². The molecule has 0 fully saturated rings. The van der Waals surface area contributed by atoms with Crippen molar-refractivity contribution in [2.75, 3.05) is 5.73 Å². The number of fused-ring (bicyclic) bond motifs is 1. The van der Waals surface area contributed by atoms with Crippen molar-refractivity contribution in [2.45, 2.75) is 20.4 Å². The molecule has 19 heavy (non-hydrogen) atoms. The predicted octanol–water partition coefficient (Wildman–Crippen LogP) is 2.68.